The summed E-state index contributed by atoms with van der Waals surface area (Å²) in [7, 11) is 0. The van der Waals surface area contributed by atoms with Crippen molar-refractivity contribution in [1.29, 1.82) is 0 Å². The van der Waals surface area contributed by atoms with Crippen LogP contribution in [-0.2, 0) is 16.1 Å². The molecule has 20 heavy (non-hydrogen) atoms. The van der Waals surface area contributed by atoms with Crippen LogP contribution in [0.1, 0.15) is 39.7 Å². The van der Waals surface area contributed by atoms with Gasteiger partial charge in [-0.15, -0.1) is 0 Å². The van der Waals surface area contributed by atoms with Crippen LogP contribution >= 0.6 is 0 Å². The van der Waals surface area contributed by atoms with E-state index in [4.69, 9.17) is 4.74 Å². The maximum absolute atomic E-state index is 11.9. The van der Waals surface area contributed by atoms with Crippen LogP contribution in [0.25, 0.3) is 0 Å². The van der Waals surface area contributed by atoms with E-state index in [1.165, 1.54) is 5.56 Å². The summed E-state index contributed by atoms with van der Waals surface area (Å²) in [6.45, 7) is 8.33. The topological polar surface area (TPSA) is 38.3 Å². The van der Waals surface area contributed by atoms with E-state index in [2.05, 4.69) is 17.4 Å². The number of ether oxygens (including phenoxy) is 1. The van der Waals surface area contributed by atoms with E-state index in [0.29, 0.717) is 6.42 Å². The van der Waals surface area contributed by atoms with Crippen molar-refractivity contribution in [3.05, 3.63) is 48.0 Å². The number of nitrogens with one attached hydrogen (secondary N) is 1. The first kappa shape index (κ1) is 16.4. The van der Waals surface area contributed by atoms with Gasteiger partial charge in [0.1, 0.15) is 5.60 Å². The van der Waals surface area contributed by atoms with Crippen molar-refractivity contribution in [1.82, 2.24) is 5.32 Å². The Labute approximate surface area is 122 Å². The second-order valence-electron chi connectivity index (χ2n) is 5.79. The van der Waals surface area contributed by atoms with Crippen molar-refractivity contribution >= 4 is 5.97 Å². The van der Waals surface area contributed by atoms with E-state index in [1.807, 2.05) is 58.0 Å². The van der Waals surface area contributed by atoms with Gasteiger partial charge in [-0.2, -0.15) is 0 Å². The molecule has 3 heteroatoms. The monoisotopic (exact) mass is 275 g/mol. The van der Waals surface area contributed by atoms with Crippen LogP contribution in [0.4, 0.5) is 0 Å². The van der Waals surface area contributed by atoms with E-state index in [1.54, 1.807) is 0 Å². The van der Waals surface area contributed by atoms with Gasteiger partial charge < -0.3 is 10.1 Å². The summed E-state index contributed by atoms with van der Waals surface area (Å²) < 4.78 is 5.35. The molecule has 0 bridgehead atoms. The molecule has 0 aromatic heterocycles. The molecule has 0 saturated heterocycles. The van der Waals surface area contributed by atoms with Crippen molar-refractivity contribution < 1.29 is 9.53 Å². The Kier molecular flexibility index (Phi) is 6.46. The molecule has 1 aromatic carbocycles. The number of hydrogen-bond acceptors (Lipinski definition) is 3. The van der Waals surface area contributed by atoms with Gasteiger partial charge in [0.2, 0.25) is 0 Å². The number of benzene rings is 1. The molecule has 0 fully saturated rings. The Morgan fingerprint density at radius 1 is 1.30 bits per heavy atom. The Morgan fingerprint density at radius 3 is 2.50 bits per heavy atom. The fourth-order valence-electron chi connectivity index (χ4n) is 1.85. The summed E-state index contributed by atoms with van der Waals surface area (Å²) in [5.41, 5.74) is 0.767. The third-order valence-electron chi connectivity index (χ3n) is 2.64. The van der Waals surface area contributed by atoms with Gasteiger partial charge in [-0.1, -0.05) is 42.5 Å². The summed E-state index contributed by atoms with van der Waals surface area (Å²) in [5, 5.41) is 3.37. The van der Waals surface area contributed by atoms with Crippen molar-refractivity contribution in [2.75, 3.05) is 0 Å². The lowest BCUT2D eigenvalue weighted by Gasteiger charge is -2.21. The number of carbonyl (C=O) groups is 1. The average molecular weight is 275 g/mol. The Bertz CT molecular complexity index is 432. The predicted molar refractivity (Wildman–Crippen MR) is 82.3 cm³/mol. The van der Waals surface area contributed by atoms with Crippen LogP contribution in [0, 0.1) is 0 Å². The number of rotatable bonds is 6. The van der Waals surface area contributed by atoms with Crippen molar-refractivity contribution in [2.45, 2.75) is 52.3 Å². The van der Waals surface area contributed by atoms with Gasteiger partial charge in [0, 0.05) is 12.6 Å². The quantitative estimate of drug-likeness (QED) is 0.638. The molecule has 0 aliphatic carbocycles. The van der Waals surface area contributed by atoms with Gasteiger partial charge in [-0.05, 0) is 33.3 Å². The molecule has 0 saturated carbocycles. The molecule has 1 N–H and O–H groups in total. The first-order valence-corrected chi connectivity index (χ1v) is 7.02. The SMILES string of the molecule is C/C=C/[C@@H](CC(=O)OC(C)(C)C)NCc1ccccc1. The van der Waals surface area contributed by atoms with Crippen LogP contribution in [-0.4, -0.2) is 17.6 Å². The van der Waals surface area contributed by atoms with Crippen molar-refractivity contribution in [3.8, 4) is 0 Å². The molecule has 0 unspecified atom stereocenters. The molecule has 0 aliphatic rings. The molecule has 0 radical (unpaired) electrons. The first-order chi connectivity index (χ1) is 9.40. The predicted octanol–water partition coefficient (Wildman–Crippen LogP) is 3.45. The zero-order chi connectivity index (χ0) is 15.0. The highest BCUT2D eigenvalue weighted by atomic mass is 16.6. The lowest BCUT2D eigenvalue weighted by atomic mass is 10.1. The standard InChI is InChI=1S/C17H25NO2/c1-5-9-15(12-16(19)20-17(2,3)4)18-13-14-10-7-6-8-11-14/h5-11,15,18H,12-13H2,1-4H3/b9-5+/t15-/m0/s1. The maximum atomic E-state index is 11.9. The molecule has 1 atom stereocenters. The highest BCUT2D eigenvalue weighted by molar-refractivity contribution is 5.71. The first-order valence-electron chi connectivity index (χ1n) is 7.02. The largest absolute Gasteiger partial charge is 0.460 e. The summed E-state index contributed by atoms with van der Waals surface area (Å²) >= 11 is 0. The smallest absolute Gasteiger partial charge is 0.308 e. The molecule has 0 heterocycles. The van der Waals surface area contributed by atoms with Crippen LogP contribution < -0.4 is 5.32 Å². The van der Waals surface area contributed by atoms with Crippen LogP contribution in [0.15, 0.2) is 42.5 Å². The molecule has 0 spiro atoms. The number of allylic oxidation sites excluding steroid dienone is 1. The summed E-state index contributed by atoms with van der Waals surface area (Å²) in [6, 6.07) is 10.1. The molecular weight excluding hydrogens is 250 g/mol. The van der Waals surface area contributed by atoms with E-state index in [9.17, 15) is 4.79 Å². The van der Waals surface area contributed by atoms with E-state index in [0.717, 1.165) is 6.54 Å². The van der Waals surface area contributed by atoms with Gasteiger partial charge in [-0.25, -0.2) is 0 Å². The normalized spacial score (nSPS) is 13.4. The van der Waals surface area contributed by atoms with E-state index in [-0.39, 0.29) is 12.0 Å². The van der Waals surface area contributed by atoms with Crippen molar-refractivity contribution in [2.24, 2.45) is 0 Å². The third-order valence-corrected chi connectivity index (χ3v) is 2.64. The average Bonchev–Trinajstić information content (AvgIpc) is 2.35. The van der Waals surface area contributed by atoms with Crippen LogP contribution in [0.5, 0.6) is 0 Å². The highest BCUT2D eigenvalue weighted by Gasteiger charge is 2.18. The lowest BCUT2D eigenvalue weighted by molar-refractivity contribution is -0.155. The van der Waals surface area contributed by atoms with Gasteiger partial charge in [0.05, 0.1) is 6.42 Å². The van der Waals surface area contributed by atoms with Gasteiger partial charge in [0.25, 0.3) is 0 Å². The summed E-state index contributed by atoms with van der Waals surface area (Å²) in [5.74, 6) is -0.179. The maximum Gasteiger partial charge on any atom is 0.308 e. The van der Waals surface area contributed by atoms with Crippen LogP contribution in [0.3, 0.4) is 0 Å². The van der Waals surface area contributed by atoms with E-state index >= 15 is 0 Å². The molecule has 1 rings (SSSR count). The second-order valence-corrected chi connectivity index (χ2v) is 5.79. The molecule has 0 amide bonds. The number of carbonyl (C=O) groups excluding carboxylic acids is 1. The van der Waals surface area contributed by atoms with E-state index < -0.39 is 5.60 Å². The summed E-state index contributed by atoms with van der Waals surface area (Å²) in [6.07, 6.45) is 4.29. The summed E-state index contributed by atoms with van der Waals surface area (Å²) in [4.78, 5) is 11.9. The molecule has 3 nitrogen and oxygen atoms in total. The van der Waals surface area contributed by atoms with Gasteiger partial charge >= 0.3 is 5.97 Å². The minimum atomic E-state index is -0.434. The minimum absolute atomic E-state index is 0.00458. The Morgan fingerprint density at radius 2 is 1.95 bits per heavy atom. The fraction of sp³-hybridized carbons (Fsp3) is 0.471. The molecule has 1 aromatic rings. The zero-order valence-electron chi connectivity index (χ0n) is 12.8. The Hall–Kier alpha value is -1.61. The zero-order valence-corrected chi connectivity index (χ0v) is 12.8. The number of esters is 1. The van der Waals surface area contributed by atoms with Crippen LogP contribution in [0.2, 0.25) is 0 Å². The molecular formula is C17H25NO2. The van der Waals surface area contributed by atoms with Crippen molar-refractivity contribution in [3.63, 3.8) is 0 Å². The molecule has 110 valence electrons. The highest BCUT2D eigenvalue weighted by Crippen LogP contribution is 2.10. The number of hydrogen-bond donors (Lipinski definition) is 1. The second kappa shape index (κ2) is 7.85. The van der Waals surface area contributed by atoms with Gasteiger partial charge in [-0.3, -0.25) is 4.79 Å². The Balaban J connectivity index is 2.50. The minimum Gasteiger partial charge on any atom is -0.460 e. The lowest BCUT2D eigenvalue weighted by Crippen LogP contribution is -2.32. The molecule has 0 aliphatic heterocycles. The fourth-order valence-corrected chi connectivity index (χ4v) is 1.85. The third kappa shape index (κ3) is 7.10. The van der Waals surface area contributed by atoms with Gasteiger partial charge in [0.15, 0.2) is 0 Å².